The Bertz CT molecular complexity index is 2810. The molecule has 10 aromatic rings. The summed E-state index contributed by atoms with van der Waals surface area (Å²) in [6, 6.07) is 54.2. The van der Waals surface area contributed by atoms with Crippen LogP contribution in [0.1, 0.15) is 0 Å². The van der Waals surface area contributed by atoms with E-state index >= 15 is 0 Å². The Balaban J connectivity index is 1.28. The van der Waals surface area contributed by atoms with Gasteiger partial charge in [-0.25, -0.2) is 9.97 Å². The van der Waals surface area contributed by atoms with Gasteiger partial charge in [-0.05, 0) is 58.3 Å². The van der Waals surface area contributed by atoms with E-state index in [1.807, 2.05) is 11.3 Å². The van der Waals surface area contributed by atoms with Crippen LogP contribution in [0, 0.1) is 0 Å². The summed E-state index contributed by atoms with van der Waals surface area (Å²) in [6.07, 6.45) is 0. The molecule has 0 fully saturated rings. The van der Waals surface area contributed by atoms with Crippen molar-refractivity contribution in [1.82, 2.24) is 14.5 Å². The predicted octanol–water partition coefficient (Wildman–Crippen LogP) is 11.6. The summed E-state index contributed by atoms with van der Waals surface area (Å²) < 4.78 is 4.85. The molecule has 46 heavy (non-hydrogen) atoms. The van der Waals surface area contributed by atoms with Gasteiger partial charge in [-0.1, -0.05) is 115 Å². The maximum absolute atomic E-state index is 5.35. The summed E-state index contributed by atoms with van der Waals surface area (Å²) in [7, 11) is 0. The zero-order chi connectivity index (χ0) is 30.2. The van der Waals surface area contributed by atoms with Gasteiger partial charge in [0.1, 0.15) is 0 Å². The van der Waals surface area contributed by atoms with Gasteiger partial charge < -0.3 is 0 Å². The van der Waals surface area contributed by atoms with Gasteiger partial charge >= 0.3 is 0 Å². The minimum absolute atomic E-state index is 0.671. The van der Waals surface area contributed by atoms with E-state index in [1.165, 1.54) is 47.3 Å². The number of fused-ring (bicyclic) bond motifs is 8. The lowest BCUT2D eigenvalue weighted by molar-refractivity contribution is 1.01. The Labute approximate surface area is 268 Å². The van der Waals surface area contributed by atoms with Gasteiger partial charge in [-0.3, -0.25) is 4.57 Å². The molecule has 10 rings (SSSR count). The lowest BCUT2D eigenvalue weighted by Crippen LogP contribution is -2.03. The molecule has 4 heteroatoms. The number of para-hydroxylation sites is 1. The molecule has 3 heterocycles. The number of hydrogen-bond acceptors (Lipinski definition) is 3. The molecule has 0 radical (unpaired) electrons. The smallest absolute Gasteiger partial charge is 0.235 e. The molecule has 0 N–H and O–H groups in total. The van der Waals surface area contributed by atoms with Crippen molar-refractivity contribution in [1.29, 1.82) is 0 Å². The predicted molar refractivity (Wildman–Crippen MR) is 195 cm³/mol. The average Bonchev–Trinajstić information content (AvgIpc) is 3.66. The van der Waals surface area contributed by atoms with Crippen molar-refractivity contribution in [3.05, 3.63) is 152 Å². The zero-order valence-electron chi connectivity index (χ0n) is 24.7. The maximum atomic E-state index is 5.35. The van der Waals surface area contributed by atoms with Crippen LogP contribution in [0.4, 0.5) is 0 Å². The molecule has 0 unspecified atom stereocenters. The number of aromatic nitrogens is 3. The van der Waals surface area contributed by atoms with Gasteiger partial charge in [0.25, 0.3) is 0 Å². The summed E-state index contributed by atoms with van der Waals surface area (Å²) in [5.41, 5.74) is 7.50. The third-order valence-corrected chi connectivity index (χ3v) is 10.4. The van der Waals surface area contributed by atoms with Crippen LogP contribution in [0.2, 0.25) is 0 Å². The Kier molecular flexibility index (Phi) is 5.45. The standard InChI is InChI=1S/C42H25N3S/c1-2-11-26(12-3-1)40-34-22-21-29(30-17-10-18-33-32-16-7-9-20-39(32)46-41(30)33)24-36(34)43-42(44-40)45-37-19-8-6-15-31(37)35-23-27-13-4-5-14-28(27)25-38(35)45/h1-25H. The molecule has 0 atom stereocenters. The Morgan fingerprint density at radius 1 is 0.457 bits per heavy atom. The molecule has 3 aromatic heterocycles. The number of benzene rings is 7. The molecule has 0 saturated carbocycles. The Hall–Kier alpha value is -5.84. The number of rotatable bonds is 3. The van der Waals surface area contributed by atoms with Crippen molar-refractivity contribution in [2.75, 3.05) is 0 Å². The lowest BCUT2D eigenvalue weighted by Gasteiger charge is -2.13. The fourth-order valence-corrected chi connectivity index (χ4v) is 8.28. The highest BCUT2D eigenvalue weighted by Gasteiger charge is 2.19. The monoisotopic (exact) mass is 603 g/mol. The molecule has 7 aromatic carbocycles. The van der Waals surface area contributed by atoms with Crippen LogP contribution in [-0.4, -0.2) is 14.5 Å². The fraction of sp³-hybridized carbons (Fsp3) is 0. The van der Waals surface area contributed by atoms with Gasteiger partial charge in [0.2, 0.25) is 5.95 Å². The maximum Gasteiger partial charge on any atom is 0.235 e. The Morgan fingerprint density at radius 2 is 1.20 bits per heavy atom. The molecule has 3 nitrogen and oxygen atoms in total. The molecule has 0 bridgehead atoms. The van der Waals surface area contributed by atoms with Crippen LogP contribution in [-0.2, 0) is 0 Å². The van der Waals surface area contributed by atoms with E-state index < -0.39 is 0 Å². The van der Waals surface area contributed by atoms with E-state index in [9.17, 15) is 0 Å². The molecular formula is C42H25N3S. The van der Waals surface area contributed by atoms with Gasteiger partial charge in [-0.2, -0.15) is 0 Å². The van der Waals surface area contributed by atoms with E-state index in [4.69, 9.17) is 9.97 Å². The Morgan fingerprint density at radius 3 is 2.09 bits per heavy atom. The third kappa shape index (κ3) is 3.77. The van der Waals surface area contributed by atoms with Crippen LogP contribution >= 0.6 is 11.3 Å². The largest absolute Gasteiger partial charge is 0.278 e. The van der Waals surface area contributed by atoms with E-state index in [1.54, 1.807) is 0 Å². The highest BCUT2D eigenvalue weighted by Crippen LogP contribution is 2.41. The fourth-order valence-electron chi connectivity index (χ4n) is 7.05. The van der Waals surface area contributed by atoms with E-state index in [-0.39, 0.29) is 0 Å². The lowest BCUT2D eigenvalue weighted by atomic mass is 9.99. The molecular weight excluding hydrogens is 579 g/mol. The van der Waals surface area contributed by atoms with Crippen molar-refractivity contribution in [2.45, 2.75) is 0 Å². The van der Waals surface area contributed by atoms with Gasteiger partial charge in [0.15, 0.2) is 0 Å². The van der Waals surface area contributed by atoms with Crippen molar-refractivity contribution >= 4 is 75.0 Å². The van der Waals surface area contributed by atoms with Crippen LogP contribution in [0.5, 0.6) is 0 Å². The van der Waals surface area contributed by atoms with E-state index in [0.717, 1.165) is 38.8 Å². The number of thiophene rings is 1. The van der Waals surface area contributed by atoms with Gasteiger partial charge in [0, 0.05) is 41.9 Å². The molecule has 0 aliphatic carbocycles. The molecule has 0 aliphatic heterocycles. The molecule has 0 amide bonds. The minimum atomic E-state index is 0.671. The van der Waals surface area contributed by atoms with Crippen molar-refractivity contribution in [3.63, 3.8) is 0 Å². The van der Waals surface area contributed by atoms with Crippen molar-refractivity contribution in [2.24, 2.45) is 0 Å². The molecule has 0 spiro atoms. The summed E-state index contributed by atoms with van der Waals surface area (Å²) in [4.78, 5) is 10.7. The quantitative estimate of drug-likeness (QED) is 0.201. The van der Waals surface area contributed by atoms with Gasteiger partial charge in [-0.15, -0.1) is 11.3 Å². The number of hydrogen-bond donors (Lipinski definition) is 0. The van der Waals surface area contributed by atoms with E-state index in [0.29, 0.717) is 5.95 Å². The topological polar surface area (TPSA) is 30.7 Å². The summed E-state index contributed by atoms with van der Waals surface area (Å²) in [5.74, 6) is 0.671. The highest BCUT2D eigenvalue weighted by atomic mass is 32.1. The van der Waals surface area contributed by atoms with Crippen LogP contribution in [0.25, 0.3) is 92.0 Å². The second-order valence-electron chi connectivity index (χ2n) is 11.8. The second kappa shape index (κ2) is 9.83. The first-order chi connectivity index (χ1) is 22.8. The SMILES string of the molecule is c1ccc(-c2nc(-n3c4ccccc4c4cc5ccccc5cc43)nc3cc(-c4cccc5c4sc4ccccc45)ccc23)cc1. The third-order valence-electron chi connectivity index (χ3n) is 9.19. The van der Waals surface area contributed by atoms with E-state index in [2.05, 4.69) is 156 Å². The number of nitrogens with zero attached hydrogens (tertiary/aromatic N) is 3. The minimum Gasteiger partial charge on any atom is -0.278 e. The normalized spacial score (nSPS) is 11.9. The first-order valence-corrected chi connectivity index (χ1v) is 16.3. The average molecular weight is 604 g/mol. The highest BCUT2D eigenvalue weighted by molar-refractivity contribution is 7.26. The van der Waals surface area contributed by atoms with Crippen molar-refractivity contribution in [3.8, 4) is 28.3 Å². The van der Waals surface area contributed by atoms with Gasteiger partial charge in [0.05, 0.1) is 22.2 Å². The first kappa shape index (κ1) is 25.5. The molecule has 0 aliphatic rings. The summed E-state index contributed by atoms with van der Waals surface area (Å²) in [6.45, 7) is 0. The van der Waals surface area contributed by atoms with Crippen LogP contribution in [0.3, 0.4) is 0 Å². The van der Waals surface area contributed by atoms with Crippen LogP contribution in [0.15, 0.2) is 152 Å². The second-order valence-corrected chi connectivity index (χ2v) is 12.9. The zero-order valence-corrected chi connectivity index (χ0v) is 25.5. The van der Waals surface area contributed by atoms with Crippen LogP contribution < -0.4 is 0 Å². The first-order valence-electron chi connectivity index (χ1n) is 15.5. The summed E-state index contributed by atoms with van der Waals surface area (Å²) >= 11 is 1.86. The molecule has 0 saturated heterocycles. The van der Waals surface area contributed by atoms with Crippen molar-refractivity contribution < 1.29 is 0 Å². The molecule has 214 valence electrons. The summed E-state index contributed by atoms with van der Waals surface area (Å²) in [5, 5.41) is 8.45.